The zero-order valence-electron chi connectivity index (χ0n) is 12.4. The summed E-state index contributed by atoms with van der Waals surface area (Å²) in [4.78, 5) is 23.3. The minimum absolute atomic E-state index is 0.262. The molecule has 0 spiro atoms. The molecule has 0 bridgehead atoms. The molecule has 0 atom stereocenters. The van der Waals surface area contributed by atoms with E-state index in [9.17, 15) is 9.59 Å². The topological polar surface area (TPSA) is 72.2 Å². The van der Waals surface area contributed by atoms with Crippen LogP contribution in [0.5, 0.6) is 0 Å². The van der Waals surface area contributed by atoms with E-state index in [0.717, 1.165) is 24.1 Å². The largest absolute Gasteiger partial charge is 0.366 e. The van der Waals surface area contributed by atoms with E-state index in [-0.39, 0.29) is 5.92 Å². The number of primary amides is 1. The molecular formula is C17H22N2O2. The van der Waals surface area contributed by atoms with E-state index >= 15 is 0 Å². The molecular weight excluding hydrogens is 264 g/mol. The second-order valence-electron chi connectivity index (χ2n) is 5.68. The number of anilines is 1. The minimum atomic E-state index is -0.473. The van der Waals surface area contributed by atoms with E-state index in [1.165, 1.54) is 6.42 Å². The van der Waals surface area contributed by atoms with Crippen molar-refractivity contribution < 1.29 is 9.59 Å². The van der Waals surface area contributed by atoms with Gasteiger partial charge < -0.3 is 11.1 Å². The fraction of sp³-hybridized carbons (Fsp3) is 0.412. The Labute approximate surface area is 125 Å². The van der Waals surface area contributed by atoms with Crippen LogP contribution in [0.1, 0.15) is 48.0 Å². The second kappa shape index (κ2) is 6.57. The SMILES string of the molecule is C=C(CCC(=O)C1CCC1)Nc1c(C)cccc1C(N)=O. The first-order chi connectivity index (χ1) is 9.99. The molecule has 1 aromatic rings. The molecule has 1 aliphatic carbocycles. The van der Waals surface area contributed by atoms with Crippen molar-refractivity contribution in [2.45, 2.75) is 39.0 Å². The lowest BCUT2D eigenvalue weighted by atomic mass is 9.81. The molecule has 0 saturated heterocycles. The highest BCUT2D eigenvalue weighted by atomic mass is 16.1. The molecule has 1 amide bonds. The number of amides is 1. The molecule has 112 valence electrons. The Morgan fingerprint density at radius 3 is 2.62 bits per heavy atom. The fourth-order valence-electron chi connectivity index (χ4n) is 2.49. The van der Waals surface area contributed by atoms with Crippen LogP contribution in [0, 0.1) is 12.8 Å². The van der Waals surface area contributed by atoms with Crippen LogP contribution in [0.3, 0.4) is 0 Å². The van der Waals surface area contributed by atoms with E-state index in [1.807, 2.05) is 13.0 Å². The van der Waals surface area contributed by atoms with Crippen LogP contribution in [0.15, 0.2) is 30.5 Å². The van der Waals surface area contributed by atoms with E-state index in [4.69, 9.17) is 5.73 Å². The maximum absolute atomic E-state index is 11.9. The molecule has 1 saturated carbocycles. The Hall–Kier alpha value is -2.10. The summed E-state index contributed by atoms with van der Waals surface area (Å²) in [5.41, 5.74) is 8.18. The van der Waals surface area contributed by atoms with Gasteiger partial charge in [-0.25, -0.2) is 0 Å². The summed E-state index contributed by atoms with van der Waals surface area (Å²) in [6.07, 6.45) is 4.32. The van der Waals surface area contributed by atoms with Gasteiger partial charge in [-0.1, -0.05) is 25.1 Å². The lowest BCUT2D eigenvalue weighted by molar-refractivity contribution is -0.125. The number of ketones is 1. The number of benzene rings is 1. The lowest BCUT2D eigenvalue weighted by Crippen LogP contribution is -2.22. The summed E-state index contributed by atoms with van der Waals surface area (Å²) in [6.45, 7) is 5.86. The van der Waals surface area contributed by atoms with Gasteiger partial charge in [0, 0.05) is 18.0 Å². The van der Waals surface area contributed by atoms with Crippen molar-refractivity contribution in [2.75, 3.05) is 5.32 Å². The Bertz CT molecular complexity index is 574. The molecule has 4 heteroatoms. The molecule has 1 aromatic carbocycles. The van der Waals surface area contributed by atoms with E-state index < -0.39 is 5.91 Å². The minimum Gasteiger partial charge on any atom is -0.366 e. The number of hydrogen-bond donors (Lipinski definition) is 2. The van der Waals surface area contributed by atoms with Gasteiger partial charge >= 0.3 is 0 Å². The first-order valence-corrected chi connectivity index (χ1v) is 7.36. The van der Waals surface area contributed by atoms with E-state index in [1.54, 1.807) is 12.1 Å². The van der Waals surface area contributed by atoms with Gasteiger partial charge in [0.15, 0.2) is 0 Å². The van der Waals surface area contributed by atoms with Crippen LogP contribution >= 0.6 is 0 Å². The lowest BCUT2D eigenvalue weighted by Gasteiger charge is -2.24. The summed E-state index contributed by atoms with van der Waals surface area (Å²) < 4.78 is 0. The van der Waals surface area contributed by atoms with Crippen molar-refractivity contribution in [1.29, 1.82) is 0 Å². The standard InChI is InChI=1S/C17H22N2O2/c1-11-5-3-8-14(17(18)21)16(11)19-12(2)9-10-15(20)13-6-4-7-13/h3,5,8,13,19H,2,4,6-7,9-10H2,1H3,(H2,18,21). The van der Waals surface area contributed by atoms with E-state index in [2.05, 4.69) is 11.9 Å². The summed E-state index contributed by atoms with van der Waals surface area (Å²) in [5, 5.41) is 3.14. The first kappa shape index (κ1) is 15.3. The Morgan fingerprint density at radius 1 is 1.33 bits per heavy atom. The molecule has 0 heterocycles. The van der Waals surface area contributed by atoms with Gasteiger partial charge in [0.1, 0.15) is 5.78 Å². The predicted molar refractivity (Wildman–Crippen MR) is 84.0 cm³/mol. The Balaban J connectivity index is 1.96. The monoisotopic (exact) mass is 286 g/mol. The Kier molecular flexibility index (Phi) is 4.78. The number of hydrogen-bond acceptors (Lipinski definition) is 3. The van der Waals surface area contributed by atoms with Crippen molar-refractivity contribution in [3.05, 3.63) is 41.6 Å². The number of Topliss-reactive ketones (excluding diaryl/α,β-unsaturated/α-hetero) is 1. The first-order valence-electron chi connectivity index (χ1n) is 7.36. The average molecular weight is 286 g/mol. The maximum atomic E-state index is 11.9. The van der Waals surface area contributed by atoms with Crippen molar-refractivity contribution >= 4 is 17.4 Å². The van der Waals surface area contributed by atoms with Gasteiger partial charge in [-0.15, -0.1) is 0 Å². The molecule has 0 aromatic heterocycles. The summed E-state index contributed by atoms with van der Waals surface area (Å²) in [7, 11) is 0. The number of para-hydroxylation sites is 1. The van der Waals surface area contributed by atoms with Crippen LogP contribution in [-0.2, 0) is 4.79 Å². The zero-order valence-corrected chi connectivity index (χ0v) is 12.4. The highest BCUT2D eigenvalue weighted by Gasteiger charge is 2.24. The highest BCUT2D eigenvalue weighted by Crippen LogP contribution is 2.29. The molecule has 2 rings (SSSR count). The van der Waals surface area contributed by atoms with Crippen molar-refractivity contribution in [2.24, 2.45) is 11.7 Å². The highest BCUT2D eigenvalue weighted by molar-refractivity contribution is 5.99. The van der Waals surface area contributed by atoms with Crippen LogP contribution in [0.25, 0.3) is 0 Å². The molecule has 21 heavy (non-hydrogen) atoms. The van der Waals surface area contributed by atoms with Gasteiger partial charge in [0.2, 0.25) is 0 Å². The summed E-state index contributed by atoms with van der Waals surface area (Å²) in [5.74, 6) is 0.112. The number of allylic oxidation sites excluding steroid dienone is 1. The average Bonchev–Trinajstić information content (AvgIpc) is 2.36. The molecule has 1 aliphatic rings. The third kappa shape index (κ3) is 3.72. The molecule has 0 aliphatic heterocycles. The van der Waals surface area contributed by atoms with Gasteiger partial charge in [-0.3, -0.25) is 9.59 Å². The predicted octanol–water partition coefficient (Wildman–Crippen LogP) is 3.17. The maximum Gasteiger partial charge on any atom is 0.250 e. The Morgan fingerprint density at radius 2 is 2.05 bits per heavy atom. The van der Waals surface area contributed by atoms with Crippen molar-refractivity contribution in [3.63, 3.8) is 0 Å². The number of nitrogens with two attached hydrogens (primary N) is 1. The molecule has 1 fully saturated rings. The second-order valence-corrected chi connectivity index (χ2v) is 5.68. The van der Waals surface area contributed by atoms with Crippen LogP contribution in [0.4, 0.5) is 5.69 Å². The number of carbonyl (C=O) groups excluding carboxylic acids is 2. The van der Waals surface area contributed by atoms with Crippen molar-refractivity contribution in [3.8, 4) is 0 Å². The third-order valence-corrected chi connectivity index (χ3v) is 4.07. The van der Waals surface area contributed by atoms with Gasteiger partial charge in [0.05, 0.1) is 11.3 Å². The quantitative estimate of drug-likeness (QED) is 0.808. The number of nitrogens with one attached hydrogen (secondary N) is 1. The fourth-order valence-corrected chi connectivity index (χ4v) is 2.49. The number of rotatable bonds is 7. The van der Waals surface area contributed by atoms with Gasteiger partial charge in [-0.2, -0.15) is 0 Å². The molecule has 3 N–H and O–H groups in total. The number of aryl methyl sites for hydroxylation is 1. The molecule has 0 radical (unpaired) electrons. The smallest absolute Gasteiger partial charge is 0.250 e. The van der Waals surface area contributed by atoms with Gasteiger partial charge in [-0.05, 0) is 37.8 Å². The van der Waals surface area contributed by atoms with Gasteiger partial charge in [0.25, 0.3) is 5.91 Å². The normalized spacial score (nSPS) is 14.3. The van der Waals surface area contributed by atoms with Crippen LogP contribution in [0.2, 0.25) is 0 Å². The van der Waals surface area contributed by atoms with Crippen molar-refractivity contribution in [1.82, 2.24) is 0 Å². The van der Waals surface area contributed by atoms with Crippen LogP contribution in [-0.4, -0.2) is 11.7 Å². The number of carbonyl (C=O) groups is 2. The summed E-state index contributed by atoms with van der Waals surface area (Å²) >= 11 is 0. The molecule has 0 unspecified atom stereocenters. The van der Waals surface area contributed by atoms with E-state index in [0.29, 0.717) is 29.9 Å². The summed E-state index contributed by atoms with van der Waals surface area (Å²) in [6, 6.07) is 5.38. The zero-order chi connectivity index (χ0) is 15.4. The molecule has 4 nitrogen and oxygen atoms in total. The van der Waals surface area contributed by atoms with Crippen LogP contribution < -0.4 is 11.1 Å². The third-order valence-electron chi connectivity index (χ3n) is 4.07.